The molecule has 0 bridgehead atoms. The molecule has 3 nitrogen and oxygen atoms in total. The molecular weight excluding hydrogens is 292 g/mol. The summed E-state index contributed by atoms with van der Waals surface area (Å²) in [6.07, 6.45) is 2.49. The van der Waals surface area contributed by atoms with Gasteiger partial charge in [0.2, 0.25) is 5.91 Å². The number of carbonyl (C=O) groups excluding carboxylic acids is 1. The standard InChI is InChI=1S/C15H20N2OS.ClH/c1-16-9-10-17-15(18)8-4-5-12-11-19-14-7-3-2-6-13(12)14;/h2-3,6-7,11,16H,4-5,8-10H2,1H3,(H,17,18);1H. The third-order valence-corrected chi connectivity index (χ3v) is 4.12. The number of benzene rings is 1. The van der Waals surface area contributed by atoms with Gasteiger partial charge < -0.3 is 10.6 Å². The van der Waals surface area contributed by atoms with Crippen molar-refractivity contribution < 1.29 is 4.79 Å². The van der Waals surface area contributed by atoms with Gasteiger partial charge in [0.1, 0.15) is 0 Å². The van der Waals surface area contributed by atoms with Gasteiger partial charge in [-0.05, 0) is 42.3 Å². The summed E-state index contributed by atoms with van der Waals surface area (Å²) in [7, 11) is 1.88. The van der Waals surface area contributed by atoms with Gasteiger partial charge >= 0.3 is 0 Å². The molecule has 0 aliphatic carbocycles. The van der Waals surface area contributed by atoms with E-state index in [2.05, 4.69) is 40.3 Å². The highest BCUT2D eigenvalue weighted by atomic mass is 35.5. The maximum atomic E-state index is 11.6. The third-order valence-electron chi connectivity index (χ3n) is 3.11. The topological polar surface area (TPSA) is 41.1 Å². The van der Waals surface area contributed by atoms with Crippen LogP contribution in [0.4, 0.5) is 0 Å². The van der Waals surface area contributed by atoms with Crippen molar-refractivity contribution in [3.63, 3.8) is 0 Å². The molecule has 0 unspecified atom stereocenters. The number of aryl methyl sites for hydroxylation is 1. The number of hydrogen-bond acceptors (Lipinski definition) is 3. The highest BCUT2D eigenvalue weighted by Crippen LogP contribution is 2.26. The van der Waals surface area contributed by atoms with Crippen LogP contribution in [0.3, 0.4) is 0 Å². The third kappa shape index (κ3) is 4.78. The molecule has 0 radical (unpaired) electrons. The van der Waals surface area contributed by atoms with E-state index >= 15 is 0 Å². The number of halogens is 1. The summed E-state index contributed by atoms with van der Waals surface area (Å²) in [5, 5.41) is 9.46. The van der Waals surface area contributed by atoms with Crippen molar-refractivity contribution in [2.75, 3.05) is 20.1 Å². The Morgan fingerprint density at radius 1 is 1.25 bits per heavy atom. The zero-order chi connectivity index (χ0) is 13.5. The lowest BCUT2D eigenvalue weighted by atomic mass is 10.1. The maximum Gasteiger partial charge on any atom is 0.220 e. The Bertz CT molecular complexity index is 541. The van der Waals surface area contributed by atoms with Crippen LogP contribution in [0.1, 0.15) is 18.4 Å². The summed E-state index contributed by atoms with van der Waals surface area (Å²) in [6.45, 7) is 1.53. The lowest BCUT2D eigenvalue weighted by Crippen LogP contribution is -2.30. The Kier molecular flexibility index (Phi) is 7.59. The van der Waals surface area contributed by atoms with Crippen LogP contribution in [0.25, 0.3) is 10.1 Å². The van der Waals surface area contributed by atoms with Crippen molar-refractivity contribution in [3.05, 3.63) is 35.2 Å². The van der Waals surface area contributed by atoms with Crippen molar-refractivity contribution in [2.45, 2.75) is 19.3 Å². The Balaban J connectivity index is 0.00000200. The average Bonchev–Trinajstić information content (AvgIpc) is 2.83. The van der Waals surface area contributed by atoms with Crippen LogP contribution in [0.15, 0.2) is 29.6 Å². The van der Waals surface area contributed by atoms with E-state index in [1.807, 2.05) is 7.05 Å². The smallest absolute Gasteiger partial charge is 0.220 e. The van der Waals surface area contributed by atoms with Gasteiger partial charge in [-0.15, -0.1) is 23.7 Å². The van der Waals surface area contributed by atoms with E-state index in [-0.39, 0.29) is 18.3 Å². The molecule has 0 spiro atoms. The zero-order valence-electron chi connectivity index (χ0n) is 11.6. The highest BCUT2D eigenvalue weighted by molar-refractivity contribution is 7.17. The maximum absolute atomic E-state index is 11.6. The van der Waals surface area contributed by atoms with Crippen LogP contribution in [-0.2, 0) is 11.2 Å². The predicted octanol–water partition coefficient (Wildman–Crippen LogP) is 2.98. The summed E-state index contributed by atoms with van der Waals surface area (Å²) in [6, 6.07) is 8.45. The van der Waals surface area contributed by atoms with Gasteiger partial charge in [-0.25, -0.2) is 0 Å². The molecule has 0 saturated carbocycles. The molecule has 5 heteroatoms. The van der Waals surface area contributed by atoms with Crippen molar-refractivity contribution in [3.8, 4) is 0 Å². The monoisotopic (exact) mass is 312 g/mol. The van der Waals surface area contributed by atoms with E-state index in [0.29, 0.717) is 13.0 Å². The molecule has 0 atom stereocenters. The molecule has 1 aromatic heterocycles. The van der Waals surface area contributed by atoms with E-state index in [1.165, 1.54) is 15.6 Å². The molecule has 1 heterocycles. The minimum Gasteiger partial charge on any atom is -0.355 e. The Morgan fingerprint density at radius 3 is 2.85 bits per heavy atom. The average molecular weight is 313 g/mol. The lowest BCUT2D eigenvalue weighted by molar-refractivity contribution is -0.121. The predicted molar refractivity (Wildman–Crippen MR) is 88.9 cm³/mol. The fourth-order valence-electron chi connectivity index (χ4n) is 2.08. The van der Waals surface area contributed by atoms with Crippen molar-refractivity contribution in [1.82, 2.24) is 10.6 Å². The van der Waals surface area contributed by atoms with Crippen LogP contribution in [-0.4, -0.2) is 26.0 Å². The second-order valence-corrected chi connectivity index (χ2v) is 5.48. The molecule has 1 amide bonds. The second-order valence-electron chi connectivity index (χ2n) is 4.56. The number of fused-ring (bicyclic) bond motifs is 1. The first-order valence-corrected chi connectivity index (χ1v) is 7.55. The molecule has 20 heavy (non-hydrogen) atoms. The largest absolute Gasteiger partial charge is 0.355 e. The minimum absolute atomic E-state index is 0. The quantitative estimate of drug-likeness (QED) is 0.772. The van der Waals surface area contributed by atoms with Crippen LogP contribution in [0.5, 0.6) is 0 Å². The SMILES string of the molecule is CNCCNC(=O)CCCc1csc2ccccc12.Cl. The van der Waals surface area contributed by atoms with Gasteiger partial charge in [-0.3, -0.25) is 4.79 Å². The van der Waals surface area contributed by atoms with Gasteiger partial charge in [0, 0.05) is 24.2 Å². The lowest BCUT2D eigenvalue weighted by Gasteiger charge is -2.04. The first kappa shape index (κ1) is 17.0. The number of rotatable bonds is 7. The highest BCUT2D eigenvalue weighted by Gasteiger charge is 2.05. The summed E-state index contributed by atoms with van der Waals surface area (Å²) < 4.78 is 1.33. The number of thiophene rings is 1. The van der Waals surface area contributed by atoms with Gasteiger partial charge in [0.25, 0.3) is 0 Å². The molecule has 0 fully saturated rings. The van der Waals surface area contributed by atoms with Crippen LogP contribution >= 0.6 is 23.7 Å². The number of hydrogen-bond donors (Lipinski definition) is 2. The Hall–Kier alpha value is -1.10. The van der Waals surface area contributed by atoms with E-state index in [4.69, 9.17) is 0 Å². The molecule has 1 aromatic carbocycles. The van der Waals surface area contributed by atoms with E-state index in [9.17, 15) is 4.79 Å². The summed E-state index contributed by atoms with van der Waals surface area (Å²) in [5.74, 6) is 0.148. The van der Waals surface area contributed by atoms with Crippen molar-refractivity contribution >= 4 is 39.7 Å². The fourth-order valence-corrected chi connectivity index (χ4v) is 3.08. The van der Waals surface area contributed by atoms with E-state index < -0.39 is 0 Å². The first-order valence-electron chi connectivity index (χ1n) is 6.67. The molecule has 0 aliphatic heterocycles. The molecule has 110 valence electrons. The summed E-state index contributed by atoms with van der Waals surface area (Å²) >= 11 is 1.78. The van der Waals surface area contributed by atoms with Crippen LogP contribution < -0.4 is 10.6 Å². The van der Waals surface area contributed by atoms with Gasteiger partial charge in [-0.1, -0.05) is 18.2 Å². The second kappa shape index (κ2) is 8.95. The first-order chi connectivity index (χ1) is 9.31. The van der Waals surface area contributed by atoms with Crippen LogP contribution in [0, 0.1) is 0 Å². The van der Waals surface area contributed by atoms with Crippen molar-refractivity contribution in [1.29, 1.82) is 0 Å². The molecule has 2 aromatic rings. The Labute approximate surface area is 130 Å². The van der Waals surface area contributed by atoms with Gasteiger partial charge in [-0.2, -0.15) is 0 Å². The van der Waals surface area contributed by atoms with E-state index in [0.717, 1.165) is 19.4 Å². The van der Waals surface area contributed by atoms with Gasteiger partial charge in [0.05, 0.1) is 0 Å². The summed E-state index contributed by atoms with van der Waals surface area (Å²) in [4.78, 5) is 11.6. The number of amides is 1. The number of nitrogens with one attached hydrogen (secondary N) is 2. The Morgan fingerprint density at radius 2 is 2.05 bits per heavy atom. The number of carbonyl (C=O) groups is 1. The minimum atomic E-state index is 0. The normalized spacial score (nSPS) is 10.2. The molecule has 2 rings (SSSR count). The van der Waals surface area contributed by atoms with E-state index in [1.54, 1.807) is 11.3 Å². The van der Waals surface area contributed by atoms with Gasteiger partial charge in [0.15, 0.2) is 0 Å². The molecular formula is C15H21ClN2OS. The van der Waals surface area contributed by atoms with Crippen molar-refractivity contribution in [2.24, 2.45) is 0 Å². The summed E-state index contributed by atoms with van der Waals surface area (Å²) in [5.41, 5.74) is 1.36. The number of likely N-dealkylation sites (N-methyl/N-ethyl adjacent to an activating group) is 1. The molecule has 0 aliphatic rings. The fraction of sp³-hybridized carbons (Fsp3) is 0.400. The zero-order valence-corrected chi connectivity index (χ0v) is 13.3. The molecule has 2 N–H and O–H groups in total. The van der Waals surface area contributed by atoms with Crippen LogP contribution in [0.2, 0.25) is 0 Å². The molecule has 0 saturated heterocycles.